The minimum atomic E-state index is -1.20. The van der Waals surface area contributed by atoms with Gasteiger partial charge in [0, 0.05) is 14.9 Å². The van der Waals surface area contributed by atoms with E-state index < -0.39 is 11.7 Å². The molecule has 1 aliphatic rings. The molecule has 3 aromatic carbocycles. The van der Waals surface area contributed by atoms with Crippen LogP contribution in [0.15, 0.2) is 87.8 Å². The van der Waals surface area contributed by atoms with E-state index in [0.29, 0.717) is 5.56 Å². The number of esters is 1. The SMILES string of the molecule is O=C1C[C@@H](c2ccccc2)[C@](c2ccc(Br)cc2)(C(O)c2ccc(Br)cc2)O1. The van der Waals surface area contributed by atoms with Gasteiger partial charge in [0.1, 0.15) is 6.10 Å². The predicted octanol–water partition coefficient (Wildman–Crippen LogP) is 5.87. The van der Waals surface area contributed by atoms with Crippen molar-refractivity contribution in [2.45, 2.75) is 24.0 Å². The van der Waals surface area contributed by atoms with Crippen LogP contribution in [0.2, 0.25) is 0 Å². The highest BCUT2D eigenvalue weighted by molar-refractivity contribution is 9.10. The molecule has 1 N–H and O–H groups in total. The zero-order chi connectivity index (χ0) is 19.7. The number of rotatable bonds is 4. The quantitative estimate of drug-likeness (QED) is 0.454. The summed E-state index contributed by atoms with van der Waals surface area (Å²) in [5.74, 6) is -0.617. The molecule has 0 bridgehead atoms. The second kappa shape index (κ2) is 7.82. The van der Waals surface area contributed by atoms with Crippen molar-refractivity contribution in [2.24, 2.45) is 0 Å². The first kappa shape index (κ1) is 19.4. The number of carbonyl (C=O) groups is 1. The minimum absolute atomic E-state index is 0.216. The van der Waals surface area contributed by atoms with Gasteiger partial charge in [0.2, 0.25) is 0 Å². The highest BCUT2D eigenvalue weighted by Gasteiger charge is 2.56. The average molecular weight is 502 g/mol. The molecule has 0 amide bonds. The first-order valence-corrected chi connectivity index (χ1v) is 10.6. The number of hydrogen-bond donors (Lipinski definition) is 1. The Kier molecular flexibility index (Phi) is 5.41. The molecule has 1 aliphatic heterocycles. The van der Waals surface area contributed by atoms with Gasteiger partial charge in [0.15, 0.2) is 5.60 Å². The fourth-order valence-corrected chi connectivity index (χ4v) is 4.47. The van der Waals surface area contributed by atoms with Crippen molar-refractivity contribution in [1.29, 1.82) is 0 Å². The zero-order valence-electron chi connectivity index (χ0n) is 14.9. The molecule has 3 atom stereocenters. The van der Waals surface area contributed by atoms with Gasteiger partial charge in [-0.3, -0.25) is 4.79 Å². The highest BCUT2D eigenvalue weighted by Crippen LogP contribution is 2.54. The minimum Gasteiger partial charge on any atom is -0.450 e. The maximum atomic E-state index is 12.5. The molecule has 1 fully saturated rings. The van der Waals surface area contributed by atoms with Crippen LogP contribution in [0.25, 0.3) is 0 Å². The van der Waals surface area contributed by atoms with Crippen LogP contribution in [0, 0.1) is 0 Å². The van der Waals surface area contributed by atoms with Crippen LogP contribution >= 0.6 is 31.9 Å². The van der Waals surface area contributed by atoms with E-state index in [1.165, 1.54) is 0 Å². The molecule has 1 unspecified atom stereocenters. The van der Waals surface area contributed by atoms with E-state index in [2.05, 4.69) is 31.9 Å². The topological polar surface area (TPSA) is 46.5 Å². The van der Waals surface area contributed by atoms with Crippen LogP contribution in [-0.4, -0.2) is 11.1 Å². The van der Waals surface area contributed by atoms with Gasteiger partial charge in [0.25, 0.3) is 0 Å². The maximum Gasteiger partial charge on any atom is 0.307 e. The normalized spacial score (nSPS) is 22.7. The number of carbonyl (C=O) groups excluding carboxylic acids is 1. The lowest BCUT2D eigenvalue weighted by atomic mass is 9.72. The molecule has 142 valence electrons. The third-order valence-electron chi connectivity index (χ3n) is 5.26. The maximum absolute atomic E-state index is 12.5. The second-order valence-electron chi connectivity index (χ2n) is 6.90. The Bertz CT molecular complexity index is 971. The molecule has 3 aromatic rings. The number of aliphatic hydroxyl groups is 1. The molecule has 4 rings (SSSR count). The van der Waals surface area contributed by atoms with Crippen LogP contribution in [0.3, 0.4) is 0 Å². The van der Waals surface area contributed by atoms with Gasteiger partial charge in [-0.25, -0.2) is 0 Å². The Morgan fingerprint density at radius 3 is 2.07 bits per heavy atom. The Morgan fingerprint density at radius 1 is 0.893 bits per heavy atom. The van der Waals surface area contributed by atoms with Gasteiger partial charge in [-0.15, -0.1) is 0 Å². The van der Waals surface area contributed by atoms with Crippen LogP contribution in [0.5, 0.6) is 0 Å². The van der Waals surface area contributed by atoms with E-state index in [9.17, 15) is 9.90 Å². The van der Waals surface area contributed by atoms with Gasteiger partial charge in [-0.05, 0) is 41.0 Å². The fraction of sp³-hybridized carbons (Fsp3) is 0.174. The van der Waals surface area contributed by atoms with E-state index in [0.717, 1.165) is 20.1 Å². The summed E-state index contributed by atoms with van der Waals surface area (Å²) in [6, 6.07) is 24.8. The van der Waals surface area contributed by atoms with Gasteiger partial charge in [-0.2, -0.15) is 0 Å². The van der Waals surface area contributed by atoms with Crippen molar-refractivity contribution >= 4 is 37.8 Å². The summed E-state index contributed by atoms with van der Waals surface area (Å²) in [7, 11) is 0. The molecule has 1 saturated heterocycles. The largest absolute Gasteiger partial charge is 0.450 e. The molecule has 3 nitrogen and oxygen atoms in total. The van der Waals surface area contributed by atoms with E-state index >= 15 is 0 Å². The molecule has 0 spiro atoms. The molecule has 0 saturated carbocycles. The van der Waals surface area contributed by atoms with Crippen molar-refractivity contribution < 1.29 is 14.6 Å². The van der Waals surface area contributed by atoms with E-state index in [-0.39, 0.29) is 18.3 Å². The molecule has 1 heterocycles. The van der Waals surface area contributed by atoms with E-state index in [1.54, 1.807) is 0 Å². The number of benzene rings is 3. The van der Waals surface area contributed by atoms with Crippen LogP contribution in [0.1, 0.15) is 35.1 Å². The summed E-state index contributed by atoms with van der Waals surface area (Å²) < 4.78 is 7.81. The molecule has 28 heavy (non-hydrogen) atoms. The fourth-order valence-electron chi connectivity index (χ4n) is 3.94. The third-order valence-corrected chi connectivity index (χ3v) is 6.32. The summed E-state index contributed by atoms with van der Waals surface area (Å²) in [6.45, 7) is 0. The molecular formula is C23H18Br2O3. The number of cyclic esters (lactones) is 1. The predicted molar refractivity (Wildman–Crippen MR) is 115 cm³/mol. The van der Waals surface area contributed by atoms with E-state index in [1.807, 2.05) is 78.9 Å². The van der Waals surface area contributed by atoms with Gasteiger partial charge < -0.3 is 9.84 Å². The van der Waals surface area contributed by atoms with Crippen LogP contribution < -0.4 is 0 Å². The second-order valence-corrected chi connectivity index (χ2v) is 8.73. The van der Waals surface area contributed by atoms with Crippen molar-refractivity contribution in [1.82, 2.24) is 0 Å². The Hall–Kier alpha value is -1.95. The van der Waals surface area contributed by atoms with Gasteiger partial charge >= 0.3 is 5.97 Å². The van der Waals surface area contributed by atoms with Crippen molar-refractivity contribution in [3.05, 3.63) is 104 Å². The third kappa shape index (κ3) is 3.43. The monoisotopic (exact) mass is 500 g/mol. The molecule has 5 heteroatoms. The summed E-state index contributed by atoms with van der Waals surface area (Å²) in [5, 5.41) is 11.5. The van der Waals surface area contributed by atoms with Gasteiger partial charge in [-0.1, -0.05) is 86.5 Å². The number of ether oxygens (including phenoxy) is 1. The number of halogens is 2. The average Bonchev–Trinajstić information content (AvgIpc) is 3.07. The Labute approximate surface area is 180 Å². The highest BCUT2D eigenvalue weighted by atomic mass is 79.9. The standard InChI is InChI=1S/C23H18Br2O3/c24-18-10-6-16(7-11-18)22(27)23(17-8-12-19(25)13-9-17)20(14-21(26)28-23)15-4-2-1-3-5-15/h1-13,20,22,27H,14H2/t20-,22?,23+/m0/s1. The summed E-state index contributed by atoms with van der Waals surface area (Å²) >= 11 is 6.89. The number of aliphatic hydroxyl groups excluding tert-OH is 1. The van der Waals surface area contributed by atoms with Gasteiger partial charge in [0.05, 0.1) is 6.42 Å². The lowest BCUT2D eigenvalue weighted by Crippen LogP contribution is -2.38. The first-order chi connectivity index (χ1) is 13.5. The summed E-state index contributed by atoms with van der Waals surface area (Å²) in [5.41, 5.74) is 1.23. The zero-order valence-corrected chi connectivity index (χ0v) is 18.1. The number of hydrogen-bond acceptors (Lipinski definition) is 3. The lowest BCUT2D eigenvalue weighted by Gasteiger charge is -2.38. The first-order valence-electron chi connectivity index (χ1n) is 8.97. The summed E-state index contributed by atoms with van der Waals surface area (Å²) in [6.07, 6.45) is -0.799. The van der Waals surface area contributed by atoms with Crippen LogP contribution in [0.4, 0.5) is 0 Å². The Morgan fingerprint density at radius 2 is 1.46 bits per heavy atom. The molecular weight excluding hydrogens is 484 g/mol. The molecule has 0 aromatic heterocycles. The Balaban J connectivity index is 1.91. The lowest BCUT2D eigenvalue weighted by molar-refractivity contribution is -0.162. The molecule has 0 radical (unpaired) electrons. The smallest absolute Gasteiger partial charge is 0.307 e. The van der Waals surface area contributed by atoms with E-state index in [4.69, 9.17) is 4.74 Å². The summed E-state index contributed by atoms with van der Waals surface area (Å²) in [4.78, 5) is 12.5. The van der Waals surface area contributed by atoms with Crippen molar-refractivity contribution in [3.63, 3.8) is 0 Å². The van der Waals surface area contributed by atoms with Crippen molar-refractivity contribution in [2.75, 3.05) is 0 Å². The molecule has 0 aliphatic carbocycles. The van der Waals surface area contributed by atoms with Crippen molar-refractivity contribution in [3.8, 4) is 0 Å². The van der Waals surface area contributed by atoms with Crippen LogP contribution in [-0.2, 0) is 15.1 Å².